The first kappa shape index (κ1) is 15.4. The molecule has 0 saturated heterocycles. The van der Waals surface area contributed by atoms with Crippen molar-refractivity contribution in [3.05, 3.63) is 0 Å². The molecule has 1 rings (SSSR count). The lowest BCUT2D eigenvalue weighted by Gasteiger charge is -2.14. The Morgan fingerprint density at radius 2 is 2.17 bits per heavy atom. The Hall–Kier alpha value is -0.650. The zero-order chi connectivity index (χ0) is 13.4. The van der Waals surface area contributed by atoms with Crippen molar-refractivity contribution in [2.45, 2.75) is 57.8 Å². The van der Waals surface area contributed by atoms with Crippen molar-refractivity contribution < 1.29 is 14.6 Å². The molecule has 0 heterocycles. The van der Waals surface area contributed by atoms with E-state index in [9.17, 15) is 9.90 Å². The maximum Gasteiger partial charge on any atom is 0.220 e. The Morgan fingerprint density at radius 3 is 2.78 bits per heavy atom. The summed E-state index contributed by atoms with van der Waals surface area (Å²) < 4.78 is 5.30. The number of ether oxygens (including phenoxy) is 1. The monoisotopic (exact) mass is 258 g/mol. The molecule has 5 nitrogen and oxygen atoms in total. The van der Waals surface area contributed by atoms with Crippen LogP contribution in [0.5, 0.6) is 0 Å². The number of hydrogen-bond acceptors (Lipinski definition) is 4. The largest absolute Gasteiger partial charge is 0.389 e. The Kier molecular flexibility index (Phi) is 7.23. The van der Waals surface area contributed by atoms with E-state index < -0.39 is 6.10 Å². The van der Waals surface area contributed by atoms with Crippen molar-refractivity contribution in [3.8, 4) is 0 Å². The quantitative estimate of drug-likeness (QED) is 0.497. The second kappa shape index (κ2) is 8.45. The molecule has 0 spiro atoms. The molecule has 106 valence electrons. The molecule has 1 saturated carbocycles. The van der Waals surface area contributed by atoms with Crippen molar-refractivity contribution in [2.75, 3.05) is 19.7 Å². The third kappa shape index (κ3) is 8.44. The van der Waals surface area contributed by atoms with Crippen molar-refractivity contribution in [3.63, 3.8) is 0 Å². The van der Waals surface area contributed by atoms with E-state index in [1.54, 1.807) is 0 Å². The van der Waals surface area contributed by atoms with Crippen molar-refractivity contribution in [2.24, 2.45) is 0 Å². The van der Waals surface area contributed by atoms with Crippen molar-refractivity contribution in [1.29, 1.82) is 0 Å². The fourth-order valence-corrected chi connectivity index (χ4v) is 1.53. The van der Waals surface area contributed by atoms with Gasteiger partial charge in [-0.15, -0.1) is 0 Å². The van der Waals surface area contributed by atoms with Crippen molar-refractivity contribution in [1.82, 2.24) is 10.6 Å². The number of carbonyl (C=O) groups excluding carboxylic acids is 1. The SMILES string of the molecule is CC(C)OCC(O)CNCCCC(=O)NC1CC1. The number of nitrogens with one attached hydrogen (secondary N) is 2. The highest BCUT2D eigenvalue weighted by Gasteiger charge is 2.22. The maximum atomic E-state index is 11.4. The van der Waals surface area contributed by atoms with Crippen LogP contribution in [0.15, 0.2) is 0 Å². The molecule has 1 atom stereocenters. The summed E-state index contributed by atoms with van der Waals surface area (Å²) in [4.78, 5) is 11.4. The average molecular weight is 258 g/mol. The van der Waals surface area contributed by atoms with Gasteiger partial charge in [0.1, 0.15) is 0 Å². The van der Waals surface area contributed by atoms with Gasteiger partial charge in [-0.3, -0.25) is 4.79 Å². The summed E-state index contributed by atoms with van der Waals surface area (Å²) in [6.45, 7) is 5.50. The number of rotatable bonds is 10. The average Bonchev–Trinajstić information content (AvgIpc) is 3.09. The molecule has 1 unspecified atom stereocenters. The van der Waals surface area contributed by atoms with E-state index >= 15 is 0 Å². The first-order valence-electron chi connectivity index (χ1n) is 6.87. The van der Waals surface area contributed by atoms with Crippen LogP contribution in [0.1, 0.15) is 39.5 Å². The van der Waals surface area contributed by atoms with Gasteiger partial charge in [-0.2, -0.15) is 0 Å². The molecule has 0 aliphatic heterocycles. The summed E-state index contributed by atoms with van der Waals surface area (Å²) in [5.41, 5.74) is 0. The van der Waals surface area contributed by atoms with Crippen LogP contribution >= 0.6 is 0 Å². The zero-order valence-corrected chi connectivity index (χ0v) is 11.4. The van der Waals surface area contributed by atoms with Crippen LogP contribution in [0, 0.1) is 0 Å². The van der Waals surface area contributed by atoms with Gasteiger partial charge in [0.05, 0.1) is 18.8 Å². The Balaban J connectivity index is 1.86. The first-order chi connectivity index (χ1) is 8.58. The molecule has 1 amide bonds. The molecule has 3 N–H and O–H groups in total. The van der Waals surface area contributed by atoms with E-state index in [0.717, 1.165) is 25.8 Å². The lowest BCUT2D eigenvalue weighted by Crippen LogP contribution is -2.32. The molecule has 1 fully saturated rings. The number of amides is 1. The summed E-state index contributed by atoms with van der Waals surface area (Å²) in [7, 11) is 0. The molecule has 1 aliphatic rings. The first-order valence-corrected chi connectivity index (χ1v) is 6.87. The normalized spacial score (nSPS) is 16.9. The second-order valence-electron chi connectivity index (χ2n) is 5.19. The van der Waals surface area contributed by atoms with Gasteiger partial charge in [-0.25, -0.2) is 0 Å². The molecule has 0 aromatic rings. The molecule has 0 aromatic carbocycles. The van der Waals surface area contributed by atoms with Gasteiger partial charge in [-0.05, 0) is 39.7 Å². The Labute approximate surface area is 109 Å². The molecular weight excluding hydrogens is 232 g/mol. The van der Waals surface area contributed by atoms with E-state index in [4.69, 9.17) is 4.74 Å². The number of aliphatic hydroxyl groups excluding tert-OH is 1. The standard InChI is InChI=1S/C13H26N2O3/c1-10(2)18-9-12(16)8-14-7-3-4-13(17)15-11-5-6-11/h10-12,14,16H,3-9H2,1-2H3,(H,15,17). The maximum absolute atomic E-state index is 11.4. The van der Waals surface area contributed by atoms with Crippen LogP contribution in [-0.4, -0.2) is 49.0 Å². The highest BCUT2D eigenvalue weighted by atomic mass is 16.5. The molecule has 0 aromatic heterocycles. The van der Waals surface area contributed by atoms with Gasteiger partial charge in [0, 0.05) is 19.0 Å². The van der Waals surface area contributed by atoms with Gasteiger partial charge in [0.25, 0.3) is 0 Å². The van der Waals surface area contributed by atoms with E-state index in [0.29, 0.717) is 25.6 Å². The second-order valence-corrected chi connectivity index (χ2v) is 5.19. The molecule has 0 bridgehead atoms. The molecule has 5 heteroatoms. The molecule has 18 heavy (non-hydrogen) atoms. The zero-order valence-electron chi connectivity index (χ0n) is 11.4. The topological polar surface area (TPSA) is 70.6 Å². The fourth-order valence-electron chi connectivity index (χ4n) is 1.53. The molecule has 0 radical (unpaired) electrons. The van der Waals surface area contributed by atoms with Gasteiger partial charge in [0.15, 0.2) is 0 Å². The Bertz CT molecular complexity index is 242. The lowest BCUT2D eigenvalue weighted by molar-refractivity contribution is -0.121. The van der Waals surface area contributed by atoms with Gasteiger partial charge >= 0.3 is 0 Å². The van der Waals surface area contributed by atoms with E-state index in [-0.39, 0.29) is 12.0 Å². The number of carbonyl (C=O) groups is 1. The molecular formula is C13H26N2O3. The highest BCUT2D eigenvalue weighted by Crippen LogP contribution is 2.18. The van der Waals surface area contributed by atoms with E-state index in [2.05, 4.69) is 10.6 Å². The lowest BCUT2D eigenvalue weighted by atomic mass is 10.3. The summed E-state index contributed by atoms with van der Waals surface area (Å²) in [5.74, 6) is 0.142. The van der Waals surface area contributed by atoms with E-state index in [1.165, 1.54) is 0 Å². The minimum absolute atomic E-state index is 0.142. The summed E-state index contributed by atoms with van der Waals surface area (Å²) >= 11 is 0. The van der Waals surface area contributed by atoms with Gasteiger partial charge < -0.3 is 20.5 Å². The summed E-state index contributed by atoms with van der Waals surface area (Å²) in [6.07, 6.45) is 3.29. The van der Waals surface area contributed by atoms with Crippen LogP contribution in [0.2, 0.25) is 0 Å². The van der Waals surface area contributed by atoms with Gasteiger partial charge in [-0.1, -0.05) is 0 Å². The van der Waals surface area contributed by atoms with Crippen LogP contribution in [0.3, 0.4) is 0 Å². The van der Waals surface area contributed by atoms with Crippen LogP contribution in [0.25, 0.3) is 0 Å². The Morgan fingerprint density at radius 1 is 1.44 bits per heavy atom. The third-order valence-corrected chi connectivity index (χ3v) is 2.70. The smallest absolute Gasteiger partial charge is 0.220 e. The van der Waals surface area contributed by atoms with Crippen LogP contribution < -0.4 is 10.6 Å². The van der Waals surface area contributed by atoms with Crippen LogP contribution in [0.4, 0.5) is 0 Å². The minimum Gasteiger partial charge on any atom is -0.389 e. The highest BCUT2D eigenvalue weighted by molar-refractivity contribution is 5.76. The predicted molar refractivity (Wildman–Crippen MR) is 70.4 cm³/mol. The van der Waals surface area contributed by atoms with Crippen LogP contribution in [-0.2, 0) is 9.53 Å². The molecule has 1 aliphatic carbocycles. The minimum atomic E-state index is -0.479. The van der Waals surface area contributed by atoms with Gasteiger partial charge in [0.2, 0.25) is 5.91 Å². The fraction of sp³-hybridized carbons (Fsp3) is 0.923. The summed E-state index contributed by atoms with van der Waals surface area (Å²) in [6, 6.07) is 0.445. The van der Waals surface area contributed by atoms with E-state index in [1.807, 2.05) is 13.8 Å². The van der Waals surface area contributed by atoms with Crippen molar-refractivity contribution >= 4 is 5.91 Å². The number of aliphatic hydroxyl groups is 1. The predicted octanol–water partition coefficient (Wildman–Crippen LogP) is 0.421. The number of hydrogen-bond donors (Lipinski definition) is 3. The third-order valence-electron chi connectivity index (χ3n) is 2.70. The summed E-state index contributed by atoms with van der Waals surface area (Å²) in [5, 5.41) is 15.6.